The Morgan fingerprint density at radius 3 is 2.40 bits per heavy atom. The van der Waals surface area contributed by atoms with Gasteiger partial charge in [0.25, 0.3) is 0 Å². The first-order chi connectivity index (χ1) is 24.6. The van der Waals surface area contributed by atoms with Gasteiger partial charge in [-0.15, -0.1) is 0 Å². The molecular weight excluding hydrogens is 680 g/mol. The number of aliphatic hydroxyl groups excluding tert-OH is 4. The fourth-order valence-electron chi connectivity index (χ4n) is 11.9. The van der Waals surface area contributed by atoms with Gasteiger partial charge in [0.2, 0.25) is 0 Å². The lowest BCUT2D eigenvalue weighted by Gasteiger charge is -2.63. The highest BCUT2D eigenvalue weighted by Gasteiger charge is 2.71. The number of fused-ring (bicyclic) bond motifs is 5. The van der Waals surface area contributed by atoms with Crippen molar-refractivity contribution in [3.8, 4) is 0 Å². The second kappa shape index (κ2) is 14.4. The molecule has 0 unspecified atom stereocenters. The molecule has 4 saturated carbocycles. The third-order valence-electron chi connectivity index (χ3n) is 14.6. The highest BCUT2D eigenvalue weighted by atomic mass is 16.7. The summed E-state index contributed by atoms with van der Waals surface area (Å²) in [5.41, 5.74) is -0.799. The summed E-state index contributed by atoms with van der Waals surface area (Å²) >= 11 is 0. The van der Waals surface area contributed by atoms with Crippen molar-refractivity contribution in [2.24, 2.45) is 34.5 Å². The Hall–Kier alpha value is -1.72. The van der Waals surface area contributed by atoms with E-state index in [0.717, 1.165) is 50.5 Å². The van der Waals surface area contributed by atoms with Crippen LogP contribution >= 0.6 is 0 Å². The quantitative estimate of drug-likeness (QED) is 0.177. The van der Waals surface area contributed by atoms with E-state index in [1.807, 2.05) is 6.92 Å². The van der Waals surface area contributed by atoms with Crippen LogP contribution in [0.4, 0.5) is 0 Å². The number of methoxy groups -OCH3 is 1. The van der Waals surface area contributed by atoms with Gasteiger partial charge >= 0.3 is 11.9 Å². The molecule has 0 aromatic rings. The maximum Gasteiger partial charge on any atom is 0.331 e. The van der Waals surface area contributed by atoms with Gasteiger partial charge in [0.1, 0.15) is 43.2 Å². The highest BCUT2D eigenvalue weighted by molar-refractivity contribution is 5.85. The zero-order valence-electron chi connectivity index (χ0n) is 30.9. The van der Waals surface area contributed by atoms with E-state index >= 15 is 0 Å². The van der Waals surface area contributed by atoms with Gasteiger partial charge in [-0.1, -0.05) is 13.8 Å². The van der Waals surface area contributed by atoms with Crippen molar-refractivity contribution >= 4 is 11.9 Å². The summed E-state index contributed by atoms with van der Waals surface area (Å²) in [6.45, 7) is 7.35. The van der Waals surface area contributed by atoms with Crippen molar-refractivity contribution in [2.45, 2.75) is 159 Å². The van der Waals surface area contributed by atoms with Crippen molar-refractivity contribution in [1.29, 1.82) is 0 Å². The van der Waals surface area contributed by atoms with Crippen LogP contribution in [0.25, 0.3) is 0 Å². The first-order valence-electron chi connectivity index (χ1n) is 19.2. The summed E-state index contributed by atoms with van der Waals surface area (Å²) in [4.78, 5) is 24.4. The molecule has 52 heavy (non-hydrogen) atoms. The first-order valence-corrected chi connectivity index (χ1v) is 19.2. The van der Waals surface area contributed by atoms with Crippen LogP contribution < -0.4 is 0 Å². The van der Waals surface area contributed by atoms with E-state index in [1.165, 1.54) is 13.0 Å². The minimum absolute atomic E-state index is 0.000668. The van der Waals surface area contributed by atoms with Crippen LogP contribution in [-0.2, 0) is 42.7 Å². The lowest BCUT2D eigenvalue weighted by molar-refractivity contribution is -0.345. The fraction of sp³-hybridized carbons (Fsp3) is 0.895. The average molecular weight is 739 g/mol. The molecule has 0 amide bonds. The molecule has 2 saturated heterocycles. The molecule has 0 aromatic carbocycles. The highest BCUT2D eigenvalue weighted by Crippen LogP contribution is 2.70. The zero-order valence-corrected chi connectivity index (χ0v) is 30.9. The monoisotopic (exact) mass is 738 g/mol. The molecule has 14 nitrogen and oxygen atoms in total. The SMILES string of the molecule is CO[C@@H]1C[C@H](O[C@H]2CC[C@@]3(C)[C@H](CC[C@@H]4[C@@H]3CC[C@]3(C)[C@@H](C5=CC(=O)OC5)[C@@H](OC(C)=O)C[C@]43O)C2)O[C@@H](C)[C@@H]1O[C@@H]1O[C@H](CO)[C@@H](O)[C@H](O)[C@H]1O. The average Bonchev–Trinajstić information content (AvgIpc) is 3.61. The van der Waals surface area contributed by atoms with E-state index in [2.05, 4.69) is 13.8 Å². The predicted octanol–water partition coefficient (Wildman–Crippen LogP) is 1.51. The van der Waals surface area contributed by atoms with E-state index in [-0.39, 0.29) is 41.9 Å². The number of esters is 2. The van der Waals surface area contributed by atoms with Gasteiger partial charge < -0.3 is 58.7 Å². The molecule has 6 fully saturated rings. The molecule has 7 rings (SSSR count). The number of hydrogen-bond donors (Lipinski definition) is 5. The number of cyclic esters (lactones) is 1. The second-order valence-electron chi connectivity index (χ2n) is 17.1. The van der Waals surface area contributed by atoms with Crippen LogP contribution in [0.2, 0.25) is 0 Å². The van der Waals surface area contributed by atoms with Crippen molar-refractivity contribution in [3.63, 3.8) is 0 Å². The molecule has 7 aliphatic rings. The lowest BCUT2D eigenvalue weighted by atomic mass is 9.43. The van der Waals surface area contributed by atoms with Gasteiger partial charge in [-0.2, -0.15) is 0 Å². The molecule has 5 N–H and O–H groups in total. The van der Waals surface area contributed by atoms with E-state index < -0.39 is 79.0 Å². The van der Waals surface area contributed by atoms with Crippen molar-refractivity contribution in [3.05, 3.63) is 11.6 Å². The zero-order chi connectivity index (χ0) is 37.3. The molecule has 0 radical (unpaired) electrons. The number of rotatable bonds is 8. The number of ether oxygens (including phenoxy) is 7. The second-order valence-corrected chi connectivity index (χ2v) is 17.1. The molecule has 14 heteroatoms. The molecule has 0 spiro atoms. The van der Waals surface area contributed by atoms with E-state index in [1.54, 1.807) is 7.11 Å². The Labute approximate surface area is 305 Å². The van der Waals surface area contributed by atoms with Crippen LogP contribution in [0.15, 0.2) is 11.6 Å². The van der Waals surface area contributed by atoms with Crippen LogP contribution in [-0.4, -0.2) is 131 Å². The molecule has 3 heterocycles. The third kappa shape index (κ3) is 6.36. The van der Waals surface area contributed by atoms with Gasteiger partial charge in [0.15, 0.2) is 12.6 Å². The van der Waals surface area contributed by atoms with Crippen molar-refractivity contribution < 1.29 is 68.3 Å². The molecule has 4 aliphatic carbocycles. The maximum atomic E-state index is 12.8. The molecule has 0 aromatic heterocycles. The van der Waals surface area contributed by atoms with Crippen molar-refractivity contribution in [1.82, 2.24) is 0 Å². The van der Waals surface area contributed by atoms with Gasteiger partial charge in [0.05, 0.1) is 30.5 Å². The van der Waals surface area contributed by atoms with Gasteiger partial charge in [-0.25, -0.2) is 4.79 Å². The third-order valence-corrected chi connectivity index (χ3v) is 14.6. The van der Waals surface area contributed by atoms with Crippen LogP contribution in [0.1, 0.15) is 85.5 Å². The standard InChI is InChI=1S/C38H58O14/c1-18-34(52-35-33(44)32(43)31(42)27(16-39)51-35)25(46-5)14-29(48-18)50-22-8-10-36(3)21(13-22)6-7-24-23(36)9-11-37(4)30(20-12-28(41)47-17-20)26(49-19(2)40)15-38(24,37)45/h12,18,21-27,29-35,39,42-45H,6-11,13-17H2,1-5H3/t18-,21+,22-,23-,24+,25+,26-,27+,29-,30-,31+,32-,33+,34-,35-,36-,37+,38-/m0/s1. The summed E-state index contributed by atoms with van der Waals surface area (Å²) in [5, 5.41) is 53.3. The molecule has 294 valence electrons. The number of carbonyl (C=O) groups is 2. The van der Waals surface area contributed by atoms with E-state index in [9.17, 15) is 35.1 Å². The molecule has 3 aliphatic heterocycles. The van der Waals surface area contributed by atoms with Crippen molar-refractivity contribution in [2.75, 3.05) is 20.3 Å². The first kappa shape index (κ1) is 38.6. The smallest absolute Gasteiger partial charge is 0.331 e. The van der Waals surface area contributed by atoms with Gasteiger partial charge in [0, 0.05) is 44.3 Å². The topological polar surface area (TPSA) is 200 Å². The lowest BCUT2D eigenvalue weighted by Crippen LogP contribution is -2.62. The Morgan fingerprint density at radius 1 is 0.962 bits per heavy atom. The van der Waals surface area contributed by atoms with E-state index in [4.69, 9.17) is 33.2 Å². The van der Waals surface area contributed by atoms with Crippen LogP contribution in [0.5, 0.6) is 0 Å². The molecule has 0 bridgehead atoms. The molecule has 18 atom stereocenters. The summed E-state index contributed by atoms with van der Waals surface area (Å²) < 4.78 is 41.6. The summed E-state index contributed by atoms with van der Waals surface area (Å²) in [6.07, 6.45) is -1.29. The fourth-order valence-corrected chi connectivity index (χ4v) is 11.9. The van der Waals surface area contributed by atoms with Crippen LogP contribution in [0.3, 0.4) is 0 Å². The molecular formula is C38H58O14. The number of carbonyl (C=O) groups excluding carboxylic acids is 2. The van der Waals surface area contributed by atoms with Crippen LogP contribution in [0, 0.1) is 34.5 Å². The number of aliphatic hydroxyl groups is 5. The van der Waals surface area contributed by atoms with E-state index in [0.29, 0.717) is 24.7 Å². The summed E-state index contributed by atoms with van der Waals surface area (Å²) in [6, 6.07) is 0. The minimum Gasteiger partial charge on any atom is -0.462 e. The Balaban J connectivity index is 0.999. The predicted molar refractivity (Wildman–Crippen MR) is 180 cm³/mol. The summed E-state index contributed by atoms with van der Waals surface area (Å²) in [5.74, 6) is -0.323. The summed E-state index contributed by atoms with van der Waals surface area (Å²) in [7, 11) is 1.57. The Kier molecular flexibility index (Phi) is 10.7. The largest absolute Gasteiger partial charge is 0.462 e. The maximum absolute atomic E-state index is 12.8. The van der Waals surface area contributed by atoms with Gasteiger partial charge in [-0.3, -0.25) is 4.79 Å². The Bertz CT molecular complexity index is 1370. The normalized spacial score (nSPS) is 51.8. The Morgan fingerprint density at radius 2 is 1.73 bits per heavy atom. The number of hydrogen-bond acceptors (Lipinski definition) is 14. The minimum atomic E-state index is -1.55. The van der Waals surface area contributed by atoms with Gasteiger partial charge in [-0.05, 0) is 80.6 Å².